The Kier molecular flexibility index (Phi) is 26.9. The van der Waals surface area contributed by atoms with Gasteiger partial charge < -0.3 is 53.0 Å². The molecule has 1 aliphatic carbocycles. The van der Waals surface area contributed by atoms with E-state index in [1.165, 1.54) is 12.0 Å². The third-order valence-corrected chi connectivity index (χ3v) is 16.2. The second kappa shape index (κ2) is 31.6. The highest BCUT2D eigenvalue weighted by atomic mass is 32.2. The first-order chi connectivity index (χ1) is 35.7. The Hall–Kier alpha value is -3.75. The number of aliphatic hydroxyl groups excluding tert-OH is 1. The van der Waals surface area contributed by atoms with Gasteiger partial charge in [-0.2, -0.15) is 11.8 Å². The molecule has 1 saturated carbocycles. The fourth-order valence-corrected chi connectivity index (χ4v) is 11.1. The molecule has 1 amide bonds. The van der Waals surface area contributed by atoms with E-state index in [2.05, 4.69) is 0 Å². The Morgan fingerprint density at radius 3 is 2.29 bits per heavy atom. The van der Waals surface area contributed by atoms with Gasteiger partial charge in [0.15, 0.2) is 11.6 Å². The molecule has 4 aliphatic rings. The maximum atomic E-state index is 14.6. The summed E-state index contributed by atoms with van der Waals surface area (Å²) in [4.78, 5) is 84.4. The molecule has 0 aromatic heterocycles. The highest BCUT2D eigenvalue weighted by molar-refractivity contribution is 7.98. The van der Waals surface area contributed by atoms with Crippen LogP contribution in [0, 0.1) is 35.5 Å². The first-order valence-electron chi connectivity index (χ1n) is 27.1. The molecule has 2 bridgehead atoms. The van der Waals surface area contributed by atoms with Crippen molar-refractivity contribution >= 4 is 47.1 Å². The minimum atomic E-state index is -2.45. The van der Waals surface area contributed by atoms with Crippen LogP contribution >= 0.6 is 11.8 Å². The molecule has 17 nitrogen and oxygen atoms in total. The Bertz CT molecular complexity index is 2010. The largest absolute Gasteiger partial charge is 0.508 e. The fourth-order valence-electron chi connectivity index (χ4n) is 10.9. The summed E-state index contributed by atoms with van der Waals surface area (Å²) in [6.45, 7) is 13.2. The molecule has 1 unspecified atom stereocenters. The van der Waals surface area contributed by atoms with Crippen molar-refractivity contribution in [2.24, 2.45) is 35.5 Å². The monoisotopic (exact) mass is 1080 g/mol. The van der Waals surface area contributed by atoms with Crippen molar-refractivity contribution in [2.75, 3.05) is 59.7 Å². The molecule has 0 aromatic rings. The van der Waals surface area contributed by atoms with Crippen LogP contribution in [0.1, 0.15) is 126 Å². The standard InChI is InChI=1S/C57H89NO16S/c1-35-17-13-12-14-18-36(2)47(67-8)33-43-22-20-41(7)57(66,74-43)53(62)54(63)58-24-16-15-19-44(58)55(64)73-48(34-45(59)37(3)30-40(6)51(61)52(69-10)50(60)39(5)29-35)38(4)31-42-21-23-46(49(32-42)68-9)70-25-26-71-56(65)72-27-28-75-11/h12-14,17-18,30,35,38-44,46-49,51-52,61,66H,15-16,19-29,31-34H2,1-11H3/b14-12?,17-13?,36-18?,37-30+/t35-,38-,39-,40?,41-,42+,43+,44+,46-,47+,48+,49-,51-,52+,57-/m1/s1. The van der Waals surface area contributed by atoms with Gasteiger partial charge in [0, 0.05) is 64.2 Å². The number of Topliss-reactive ketones (excluding diaryl/α,β-unsaturated/α-hetero) is 3. The summed E-state index contributed by atoms with van der Waals surface area (Å²) < 4.78 is 46.2. The number of hydrogen-bond donors (Lipinski definition) is 2. The van der Waals surface area contributed by atoms with E-state index < -0.39 is 83.9 Å². The van der Waals surface area contributed by atoms with Crippen molar-refractivity contribution in [1.82, 2.24) is 4.90 Å². The number of methoxy groups -OCH3 is 3. The number of ketones is 3. The zero-order valence-electron chi connectivity index (χ0n) is 46.5. The first-order valence-corrected chi connectivity index (χ1v) is 28.5. The zero-order valence-corrected chi connectivity index (χ0v) is 47.3. The van der Waals surface area contributed by atoms with E-state index in [4.69, 9.17) is 37.9 Å². The maximum Gasteiger partial charge on any atom is 0.508 e. The first kappa shape index (κ1) is 63.8. The van der Waals surface area contributed by atoms with Crippen molar-refractivity contribution in [3.63, 3.8) is 0 Å². The number of amides is 1. The number of esters is 1. The minimum Gasteiger partial charge on any atom is -0.460 e. The lowest BCUT2D eigenvalue weighted by atomic mass is 9.78. The molecule has 2 N–H and O–H groups in total. The molecule has 0 spiro atoms. The molecule has 3 fully saturated rings. The molecular weight excluding hydrogens is 987 g/mol. The lowest BCUT2D eigenvalue weighted by Crippen LogP contribution is -2.61. The number of aliphatic hydroxyl groups is 2. The van der Waals surface area contributed by atoms with Crippen molar-refractivity contribution in [1.29, 1.82) is 0 Å². The summed E-state index contributed by atoms with van der Waals surface area (Å²) in [5.74, 6) is -7.50. The van der Waals surface area contributed by atoms with Crippen LogP contribution in [0.4, 0.5) is 4.79 Å². The second-order valence-corrected chi connectivity index (χ2v) is 22.4. The number of carbonyl (C=O) groups is 6. The minimum absolute atomic E-state index is 0.00737. The van der Waals surface area contributed by atoms with Crippen LogP contribution in [-0.4, -0.2) is 165 Å². The number of fused-ring (bicyclic) bond motifs is 3. The Labute approximate surface area is 450 Å². The zero-order chi connectivity index (χ0) is 55.4. The number of rotatable bonds is 13. The summed E-state index contributed by atoms with van der Waals surface area (Å²) in [6.07, 6.45) is 12.6. The maximum absolute atomic E-state index is 14.6. The molecule has 0 radical (unpaired) electrons. The van der Waals surface area contributed by atoms with Crippen molar-refractivity contribution < 1.29 is 76.9 Å². The Morgan fingerprint density at radius 2 is 1.60 bits per heavy atom. The number of cyclic esters (lactones) is 1. The van der Waals surface area contributed by atoms with Crippen molar-refractivity contribution in [3.05, 3.63) is 47.6 Å². The quantitative estimate of drug-likeness (QED) is 0.102. The molecular formula is C57H89NO16S. The topological polar surface area (TPSA) is 220 Å². The molecule has 75 heavy (non-hydrogen) atoms. The van der Waals surface area contributed by atoms with E-state index in [1.54, 1.807) is 52.8 Å². The summed E-state index contributed by atoms with van der Waals surface area (Å²) in [6, 6.07) is -1.17. The number of nitrogens with zero attached hydrogens (tertiary/aromatic N) is 1. The van der Waals surface area contributed by atoms with Crippen LogP contribution in [0.5, 0.6) is 0 Å². The molecule has 3 aliphatic heterocycles. The van der Waals surface area contributed by atoms with E-state index >= 15 is 0 Å². The second-order valence-electron chi connectivity index (χ2n) is 21.4. The van der Waals surface area contributed by atoms with Gasteiger partial charge >= 0.3 is 12.1 Å². The summed E-state index contributed by atoms with van der Waals surface area (Å²) in [5.41, 5.74) is 1.17. The van der Waals surface area contributed by atoms with E-state index in [-0.39, 0.29) is 80.7 Å². The number of ether oxygens (including phenoxy) is 8. The van der Waals surface area contributed by atoms with Crippen molar-refractivity contribution in [3.8, 4) is 0 Å². The van der Waals surface area contributed by atoms with Gasteiger partial charge in [-0.25, -0.2) is 9.59 Å². The SMILES string of the molecule is CO[C@H]1C[C@@H]2CC[C@@H](C)[C@@](O)(O2)C(=O)C(=O)N2CCCC[C@H]2C(=O)O[C@H]([C@H](C)C[C@@H]2CC[C@@H](OCCOC(=O)OCCSC)[C@H](OC)C2)CC(=O)/C(C)=C/C(C)[C@@H](O)[C@@H](OC)C(=O)[C@H](C)C[C@H](C)C=CC=CC=C1C. The molecule has 4 rings (SSSR count). The number of hydrogen-bond acceptors (Lipinski definition) is 17. The number of thioether (sulfide) groups is 1. The lowest BCUT2D eigenvalue weighted by molar-refractivity contribution is -0.265. The average molecular weight is 1080 g/mol. The average Bonchev–Trinajstić information content (AvgIpc) is 3.39. The smallest absolute Gasteiger partial charge is 0.460 e. The lowest BCUT2D eigenvalue weighted by Gasteiger charge is -2.42. The summed E-state index contributed by atoms with van der Waals surface area (Å²) >= 11 is 1.56. The van der Waals surface area contributed by atoms with Crippen LogP contribution in [-0.2, 0) is 61.9 Å². The highest BCUT2D eigenvalue weighted by Crippen LogP contribution is 2.38. The molecule has 0 aromatic carbocycles. The van der Waals surface area contributed by atoms with E-state index in [0.717, 1.165) is 12.0 Å². The van der Waals surface area contributed by atoms with E-state index in [1.807, 2.05) is 64.3 Å². The third kappa shape index (κ3) is 18.7. The van der Waals surface area contributed by atoms with Gasteiger partial charge in [-0.15, -0.1) is 0 Å². The van der Waals surface area contributed by atoms with Crippen LogP contribution < -0.4 is 0 Å². The summed E-state index contributed by atoms with van der Waals surface area (Å²) in [7, 11) is 4.57. The number of carbonyl (C=O) groups excluding carboxylic acids is 6. The van der Waals surface area contributed by atoms with Gasteiger partial charge in [-0.1, -0.05) is 71.1 Å². The molecule has 2 saturated heterocycles. The van der Waals surface area contributed by atoms with Gasteiger partial charge in [0.2, 0.25) is 5.79 Å². The predicted molar refractivity (Wildman–Crippen MR) is 285 cm³/mol. The van der Waals surface area contributed by atoms with Crippen LogP contribution in [0.25, 0.3) is 0 Å². The van der Waals surface area contributed by atoms with E-state index in [9.17, 15) is 39.0 Å². The van der Waals surface area contributed by atoms with Crippen molar-refractivity contribution in [2.45, 2.75) is 180 Å². The summed E-state index contributed by atoms with van der Waals surface area (Å²) in [5, 5.41) is 23.6. The van der Waals surface area contributed by atoms with Gasteiger partial charge in [0.25, 0.3) is 11.7 Å². The predicted octanol–water partition coefficient (Wildman–Crippen LogP) is 7.72. The highest BCUT2D eigenvalue weighted by Gasteiger charge is 2.53. The molecule has 15 atom stereocenters. The third-order valence-electron chi connectivity index (χ3n) is 15.6. The fraction of sp³-hybridized carbons (Fsp3) is 0.754. The van der Waals surface area contributed by atoms with Gasteiger partial charge in [0.1, 0.15) is 31.5 Å². The molecule has 424 valence electrons. The van der Waals surface area contributed by atoms with Gasteiger partial charge in [-0.3, -0.25) is 19.2 Å². The normalized spacial score (nSPS) is 34.9. The van der Waals surface area contributed by atoms with Crippen LogP contribution in [0.3, 0.4) is 0 Å². The Morgan fingerprint density at radius 1 is 0.867 bits per heavy atom. The van der Waals surface area contributed by atoms with Gasteiger partial charge in [-0.05, 0) is 113 Å². The molecule has 18 heteroatoms. The molecule has 3 heterocycles. The van der Waals surface area contributed by atoms with Gasteiger partial charge in [0.05, 0.1) is 37.1 Å². The Balaban J connectivity index is 1.63. The van der Waals surface area contributed by atoms with E-state index in [0.29, 0.717) is 69.1 Å². The number of allylic oxidation sites excluding steroid dienone is 6. The van der Waals surface area contributed by atoms with Crippen LogP contribution in [0.15, 0.2) is 47.6 Å². The van der Waals surface area contributed by atoms with Crippen LogP contribution in [0.2, 0.25) is 0 Å². The number of piperidine rings is 1.